The molecule has 0 saturated heterocycles. The summed E-state index contributed by atoms with van der Waals surface area (Å²) in [4.78, 5) is 35.2. The van der Waals surface area contributed by atoms with Gasteiger partial charge in [-0.2, -0.15) is 0 Å². The fourth-order valence-electron chi connectivity index (χ4n) is 38.6. The van der Waals surface area contributed by atoms with Crippen LogP contribution in [-0.2, 0) is 33.6 Å². The van der Waals surface area contributed by atoms with E-state index in [-0.39, 0.29) is 29.1 Å². The van der Waals surface area contributed by atoms with E-state index >= 15 is 0 Å². The minimum absolute atomic E-state index is 0.0168. The van der Waals surface area contributed by atoms with Gasteiger partial charge in [0.15, 0.2) is 0 Å². The Bertz CT molecular complexity index is 5280. The van der Waals surface area contributed by atoms with Crippen LogP contribution in [0.4, 0.5) is 0 Å². The van der Waals surface area contributed by atoms with Crippen LogP contribution in [0, 0.1) is 161 Å². The van der Waals surface area contributed by atoms with Gasteiger partial charge >= 0.3 is 0 Å². The van der Waals surface area contributed by atoms with Gasteiger partial charge < -0.3 is 30.6 Å². The number of aliphatic hydroxyl groups excluding tert-OH is 3. The molecule has 0 heterocycles. The van der Waals surface area contributed by atoms with Gasteiger partial charge in [-0.15, -0.1) is 0 Å². The number of aryl methyl sites for hydroxylation is 3. The molecular weight excluding hydrogens is 1800 g/mol. The molecule has 15 fully saturated rings. The molecule has 0 aromatic heterocycles. The first-order chi connectivity index (χ1) is 70.2. The van der Waals surface area contributed by atoms with Crippen LogP contribution in [0.1, 0.15) is 443 Å². The highest BCUT2D eigenvalue weighted by Gasteiger charge is 2.63. The normalized spacial score (nSPS) is 43.7. The standard InChI is InChI=1S/C20H30O.C19H28O2.C19H24O.C19H28O.C18H22O2.C18H22O.C7H12.C6H10O.2C6H10/c1-13-4-7-17-16-6-5-14-12-15(21)8-10-20(14,3)18(16)9-11-19(13,17)2;1-18-9-7-13(20)11-12(18)3-4-14-15-5-6-17(21)19(15,2)10-8-16(14)18;1-12-3-8-18-17-6-4-13-11-14(20)5-7-15(13)16(17)9-10-19(12,18)2;1-18-9-3-4-16(18)15-6-5-13-12-14(20)7-11-19(13,2)17(15)8-10-18;1-18-9-8-14-13-5-3-12(19)10-11(13)2-4-15(14)16(18)6-7-17(18)20;1-18-9-2-3-17(18)16-6-4-12-11-13(19)5-7-14(12)15(16)8-10-18;1-6-4-3-5-7(6)2;1-5-3-2-4-6(5)7;2*1-6-4-2-3-5-6/h5,15-18,21H,1,4,6-12H2,2-3H3;3,13-16,20H,4-11H2,1-2H3;5,7,11,16-18,20H,1,3-4,6,8-10H2,2H3;3,5,9,14-17,20H,4,6-8,10-12H2,1-2H3;3,5,10,14-16,19H,2,4,6-9H2,1H3;2,5,7,9,11,15-17,19H,3-4,6,8,10H2,1H3;7H,1,3-5H2,2H3;5H,2-4H2,1H3;2*2,4,6H,3,5H2,1H3/t15-,16?,17?,18?,19+,20-;13-,14?,15?,16?,18-,19-;16?,17?,18?,19-;14-,15?,16?,17?,18-,19-;14?,15?,16?,18-;15?,16?,17?,18-;7-;5-;2*6-/m0010001100/s1. The number of allylic oxidation sites excluding steroid dienone is 14. The monoisotopic (exact) mass is 2000 g/mol. The van der Waals surface area contributed by atoms with Crippen LogP contribution in [0.3, 0.4) is 0 Å². The van der Waals surface area contributed by atoms with Crippen molar-refractivity contribution in [1.29, 1.82) is 0 Å². The number of ketones is 3. The second kappa shape index (κ2) is 44.0. The van der Waals surface area contributed by atoms with Crippen molar-refractivity contribution in [3.63, 3.8) is 0 Å². The summed E-state index contributed by atoms with van der Waals surface area (Å²) in [6.45, 7) is 43.3. The molecule has 18 unspecified atom stereocenters. The Morgan fingerprint density at radius 3 is 0.986 bits per heavy atom. The first kappa shape index (κ1) is 109. The average molecular weight is 2000 g/mol. The number of benzene rings is 3. The summed E-state index contributed by atoms with van der Waals surface area (Å²) in [5.74, 6) is 19.7. The summed E-state index contributed by atoms with van der Waals surface area (Å²) >= 11 is 0. The summed E-state index contributed by atoms with van der Waals surface area (Å²) < 4.78 is 0. The number of phenolic OH excluding ortho intramolecular Hbond substituents is 3. The van der Waals surface area contributed by atoms with Crippen LogP contribution in [0.2, 0.25) is 0 Å². The van der Waals surface area contributed by atoms with E-state index in [9.17, 15) is 45.0 Å². The summed E-state index contributed by atoms with van der Waals surface area (Å²) in [5.41, 5.74) is 20.7. The average Bonchev–Trinajstić information content (AvgIpc) is 1.68. The van der Waals surface area contributed by atoms with Crippen molar-refractivity contribution in [1.82, 2.24) is 0 Å². The summed E-state index contributed by atoms with van der Waals surface area (Å²) in [7, 11) is 0. The van der Waals surface area contributed by atoms with Crippen LogP contribution in [0.5, 0.6) is 17.2 Å². The Labute approximate surface area is 890 Å². The van der Waals surface area contributed by atoms with Gasteiger partial charge in [0.1, 0.15) is 34.6 Å². The van der Waals surface area contributed by atoms with E-state index in [2.05, 4.69) is 188 Å². The van der Waals surface area contributed by atoms with E-state index in [0.717, 1.165) is 230 Å². The molecule has 147 heavy (non-hydrogen) atoms. The molecule has 28 rings (SSSR count). The lowest BCUT2D eigenvalue weighted by Crippen LogP contribution is -2.50. The number of carbonyl (C=O) groups excluding carboxylic acids is 3. The maximum absolute atomic E-state index is 12.4. The third kappa shape index (κ3) is 21.2. The fourth-order valence-corrected chi connectivity index (χ4v) is 38.6. The number of phenols is 3. The van der Waals surface area contributed by atoms with Crippen LogP contribution >= 0.6 is 0 Å². The largest absolute Gasteiger partial charge is 0.508 e. The van der Waals surface area contributed by atoms with E-state index < -0.39 is 0 Å². The molecule has 0 spiro atoms. The summed E-state index contributed by atoms with van der Waals surface area (Å²) in [6, 6.07) is 18.0. The van der Waals surface area contributed by atoms with Crippen molar-refractivity contribution in [2.45, 2.75) is 447 Å². The van der Waals surface area contributed by atoms with Gasteiger partial charge in [0.05, 0.1) is 18.3 Å². The van der Waals surface area contributed by atoms with Crippen LogP contribution in [0.15, 0.2) is 175 Å². The number of hydrogen-bond donors (Lipinski definition) is 6. The Morgan fingerprint density at radius 1 is 0.299 bits per heavy atom. The zero-order chi connectivity index (χ0) is 104. The zero-order valence-electron chi connectivity index (χ0n) is 93.9. The Hall–Kier alpha value is -6.65. The van der Waals surface area contributed by atoms with Crippen LogP contribution < -0.4 is 0 Å². The van der Waals surface area contributed by atoms with Crippen molar-refractivity contribution < 1.29 is 45.0 Å². The number of Topliss-reactive ketones (excluding diaryl/α,β-unsaturated/α-hetero) is 3. The Balaban J connectivity index is 0.000000106. The molecule has 34 atom stereocenters. The van der Waals surface area contributed by atoms with Gasteiger partial charge in [-0.05, 0) is 534 Å². The van der Waals surface area contributed by atoms with Crippen molar-refractivity contribution in [3.8, 4) is 17.2 Å². The number of aromatic hydroxyl groups is 3. The lowest BCUT2D eigenvalue weighted by atomic mass is 9.48. The molecule has 3 aromatic carbocycles. The summed E-state index contributed by atoms with van der Waals surface area (Å²) in [5, 5.41) is 59.1. The number of rotatable bonds is 0. The van der Waals surface area contributed by atoms with Crippen molar-refractivity contribution in [2.75, 3.05) is 0 Å². The third-order valence-corrected chi connectivity index (χ3v) is 48.3. The Kier molecular flexibility index (Phi) is 32.5. The maximum Gasteiger partial charge on any atom is 0.139 e. The zero-order valence-corrected chi connectivity index (χ0v) is 93.9. The van der Waals surface area contributed by atoms with E-state index in [1.807, 2.05) is 43.3 Å². The molecule has 0 aliphatic heterocycles. The summed E-state index contributed by atoms with van der Waals surface area (Å²) in [6.07, 6.45) is 85.6. The molecule has 9 nitrogen and oxygen atoms in total. The fraction of sp³-hybridized carbons (Fsp3) is 0.703. The predicted octanol–water partition coefficient (Wildman–Crippen LogP) is 33.9. The lowest BCUT2D eigenvalue weighted by molar-refractivity contribution is -0.132. The van der Waals surface area contributed by atoms with Crippen LogP contribution in [0.25, 0.3) is 0 Å². The molecule has 802 valence electrons. The smallest absolute Gasteiger partial charge is 0.139 e. The molecule has 25 aliphatic rings. The van der Waals surface area contributed by atoms with Gasteiger partial charge in [0.25, 0.3) is 0 Å². The molecule has 15 saturated carbocycles. The van der Waals surface area contributed by atoms with Gasteiger partial charge in [0, 0.05) is 36.0 Å². The minimum atomic E-state index is -0.122. The second-order valence-corrected chi connectivity index (χ2v) is 55.9. The second-order valence-electron chi connectivity index (χ2n) is 55.9. The highest BCUT2D eigenvalue weighted by atomic mass is 16.3. The van der Waals surface area contributed by atoms with E-state index in [0.29, 0.717) is 108 Å². The third-order valence-electron chi connectivity index (χ3n) is 48.3. The quantitative estimate of drug-likeness (QED) is 0.120. The van der Waals surface area contributed by atoms with Gasteiger partial charge in [-0.1, -0.05) is 228 Å². The highest BCUT2D eigenvalue weighted by Crippen LogP contribution is 2.71. The van der Waals surface area contributed by atoms with E-state index in [1.165, 1.54) is 242 Å². The number of fused-ring (bicyclic) bond motifs is 30. The highest BCUT2D eigenvalue weighted by molar-refractivity contribution is 5.88. The molecule has 0 amide bonds. The van der Waals surface area contributed by atoms with Crippen molar-refractivity contribution in [3.05, 3.63) is 208 Å². The predicted molar refractivity (Wildman–Crippen MR) is 604 cm³/mol. The molecule has 6 N–H and O–H groups in total. The molecule has 0 bridgehead atoms. The Morgan fingerprint density at radius 2 is 0.626 bits per heavy atom. The molecular formula is C138H196O9. The first-order valence-electron chi connectivity index (χ1n) is 61.1. The van der Waals surface area contributed by atoms with E-state index in [4.69, 9.17) is 0 Å². The van der Waals surface area contributed by atoms with Crippen molar-refractivity contribution in [2.24, 2.45) is 161 Å². The SMILES string of the molecule is C=C1CCC2C3CC=C4C[C@@H](O)CC[C@]4(C)C3CC[C@]12C.C=C1CCC2C3CCc4cc(O)ccc4C3CC[C@]12C.C=C1CCC[C@H]1C.C[C@@H]1CCCC1=O.C[C@@]12C=CCC1C1CC=C3C[C@@H](O)CC[C@]3(C)C1CC2.C[C@@]12C=CCC1C1CCc3cc(O)ccc3C1CC2.C[C@H]1C=CCC1.C[C@H]1C=CCC1.C[C@]12CCC3c4ccc(O)cc4CCC3C1CCC2=O.C[C@]12CC[C@H](O)CC1=CCC1C2CC[C@]2(C)C(=O)CCC12. The molecule has 9 heteroatoms. The lowest BCUT2D eigenvalue weighted by Gasteiger charge is -2.57. The topological polar surface area (TPSA) is 173 Å². The minimum Gasteiger partial charge on any atom is -0.508 e. The molecule has 3 aromatic rings. The number of hydrogen-bond acceptors (Lipinski definition) is 9. The number of aliphatic hydroxyl groups is 3. The van der Waals surface area contributed by atoms with Gasteiger partial charge in [-0.3, -0.25) is 14.4 Å². The molecule has 25 aliphatic carbocycles. The first-order valence-corrected chi connectivity index (χ1v) is 61.1. The van der Waals surface area contributed by atoms with Crippen LogP contribution in [-0.4, -0.2) is 66.3 Å². The molecule has 0 radical (unpaired) electrons. The number of carbonyl (C=O) groups is 3. The maximum atomic E-state index is 12.4. The van der Waals surface area contributed by atoms with Gasteiger partial charge in [-0.25, -0.2) is 0 Å². The van der Waals surface area contributed by atoms with E-state index in [1.54, 1.807) is 11.1 Å². The van der Waals surface area contributed by atoms with Gasteiger partial charge in [0.2, 0.25) is 0 Å². The van der Waals surface area contributed by atoms with Crippen molar-refractivity contribution >= 4 is 17.3 Å².